The summed E-state index contributed by atoms with van der Waals surface area (Å²) in [6, 6.07) is -1.31. The number of nitrogens with two attached hydrogens (primary N) is 2. The van der Waals surface area contributed by atoms with E-state index >= 15 is 0 Å². The second kappa shape index (κ2) is 8.03. The number of carboxylic acid groups (broad SMARTS) is 1. The van der Waals surface area contributed by atoms with Crippen molar-refractivity contribution >= 4 is 11.9 Å². The van der Waals surface area contributed by atoms with Gasteiger partial charge < -0.3 is 21.9 Å². The van der Waals surface area contributed by atoms with Gasteiger partial charge in [0.15, 0.2) is 0 Å². The summed E-state index contributed by atoms with van der Waals surface area (Å²) < 4.78 is 0. The van der Waals surface area contributed by atoms with Gasteiger partial charge in [0.1, 0.15) is 6.04 Å². The number of aliphatic carboxylic acids is 1. The highest BCUT2D eigenvalue weighted by atomic mass is 16.4. The fourth-order valence-electron chi connectivity index (χ4n) is 1.24. The zero-order chi connectivity index (χ0) is 13.4. The quantitative estimate of drug-likeness (QED) is 0.437. The van der Waals surface area contributed by atoms with Gasteiger partial charge in [0.05, 0.1) is 6.04 Å². The van der Waals surface area contributed by atoms with Crippen LogP contribution in [-0.4, -0.2) is 35.6 Å². The lowest BCUT2D eigenvalue weighted by Gasteiger charge is -2.15. The van der Waals surface area contributed by atoms with Crippen LogP contribution in [0.5, 0.6) is 0 Å². The second-order valence-corrected chi connectivity index (χ2v) is 4.50. The zero-order valence-electron chi connectivity index (χ0n) is 10.5. The van der Waals surface area contributed by atoms with Crippen molar-refractivity contribution in [2.45, 2.75) is 45.2 Å². The predicted octanol–water partition coefficient (Wildman–Crippen LogP) is -0.332. The number of carbonyl (C=O) groups excluding carboxylic acids is 1. The van der Waals surface area contributed by atoms with Gasteiger partial charge in [-0.25, -0.2) is 0 Å². The highest BCUT2D eigenvalue weighted by Crippen LogP contribution is 2.00. The van der Waals surface area contributed by atoms with Crippen molar-refractivity contribution in [2.24, 2.45) is 17.4 Å². The lowest BCUT2D eigenvalue weighted by molar-refractivity contribution is -0.138. The molecule has 6 N–H and O–H groups in total. The molecule has 0 aliphatic heterocycles. The smallest absolute Gasteiger partial charge is 0.320 e. The Morgan fingerprint density at radius 2 is 1.82 bits per heavy atom. The van der Waals surface area contributed by atoms with Crippen molar-refractivity contribution in [1.29, 1.82) is 0 Å². The van der Waals surface area contributed by atoms with Gasteiger partial charge in [-0.1, -0.05) is 13.8 Å². The molecule has 0 aliphatic rings. The minimum atomic E-state index is -0.990. The number of amides is 1. The van der Waals surface area contributed by atoms with E-state index in [2.05, 4.69) is 5.32 Å². The molecule has 0 heterocycles. The van der Waals surface area contributed by atoms with E-state index in [0.29, 0.717) is 25.8 Å². The molecule has 0 radical (unpaired) electrons. The van der Waals surface area contributed by atoms with Crippen molar-refractivity contribution in [2.75, 3.05) is 6.54 Å². The summed E-state index contributed by atoms with van der Waals surface area (Å²) in [5.41, 5.74) is 11.0. The Hall–Kier alpha value is -1.14. The SMILES string of the molecule is CC(C)[C@@H](N)C(=O)NCCCC[C@H](N)C(=O)O. The first kappa shape index (κ1) is 15.9. The van der Waals surface area contributed by atoms with Crippen LogP contribution in [0.15, 0.2) is 0 Å². The fraction of sp³-hybridized carbons (Fsp3) is 0.818. The molecule has 0 bridgehead atoms. The molecule has 0 aliphatic carbocycles. The summed E-state index contributed by atoms with van der Waals surface area (Å²) in [7, 11) is 0. The van der Waals surface area contributed by atoms with E-state index in [1.807, 2.05) is 13.8 Å². The number of hydrogen-bond acceptors (Lipinski definition) is 4. The number of nitrogens with one attached hydrogen (secondary N) is 1. The van der Waals surface area contributed by atoms with Gasteiger partial charge in [-0.05, 0) is 25.2 Å². The van der Waals surface area contributed by atoms with Crippen LogP contribution < -0.4 is 16.8 Å². The molecule has 100 valence electrons. The summed E-state index contributed by atoms with van der Waals surface area (Å²) >= 11 is 0. The first-order valence-electron chi connectivity index (χ1n) is 5.88. The van der Waals surface area contributed by atoms with Crippen LogP contribution in [-0.2, 0) is 9.59 Å². The average molecular weight is 245 g/mol. The molecule has 0 spiro atoms. The van der Waals surface area contributed by atoms with E-state index in [4.69, 9.17) is 16.6 Å². The van der Waals surface area contributed by atoms with Crippen LogP contribution in [0.25, 0.3) is 0 Å². The highest BCUT2D eigenvalue weighted by Gasteiger charge is 2.16. The fourth-order valence-corrected chi connectivity index (χ4v) is 1.24. The first-order chi connectivity index (χ1) is 7.86. The molecule has 2 atom stereocenters. The van der Waals surface area contributed by atoms with E-state index in [1.54, 1.807) is 0 Å². The molecule has 0 saturated carbocycles. The highest BCUT2D eigenvalue weighted by molar-refractivity contribution is 5.81. The van der Waals surface area contributed by atoms with Crippen LogP contribution in [0, 0.1) is 5.92 Å². The van der Waals surface area contributed by atoms with Gasteiger partial charge in [0, 0.05) is 6.54 Å². The second-order valence-electron chi connectivity index (χ2n) is 4.50. The predicted molar refractivity (Wildman–Crippen MR) is 65.3 cm³/mol. The topological polar surface area (TPSA) is 118 Å². The Bertz CT molecular complexity index is 256. The lowest BCUT2D eigenvalue weighted by Crippen LogP contribution is -2.44. The van der Waals surface area contributed by atoms with E-state index in [9.17, 15) is 9.59 Å². The third-order valence-corrected chi connectivity index (χ3v) is 2.58. The molecule has 0 aromatic carbocycles. The summed E-state index contributed by atoms with van der Waals surface area (Å²) in [5, 5.41) is 11.3. The molecule has 0 saturated heterocycles. The number of carboxylic acids is 1. The normalized spacial score (nSPS) is 14.4. The van der Waals surface area contributed by atoms with Crippen LogP contribution in [0.3, 0.4) is 0 Å². The van der Waals surface area contributed by atoms with E-state index in [-0.39, 0.29) is 11.8 Å². The van der Waals surface area contributed by atoms with E-state index < -0.39 is 18.1 Å². The lowest BCUT2D eigenvalue weighted by atomic mass is 10.0. The molecule has 0 aromatic heterocycles. The first-order valence-corrected chi connectivity index (χ1v) is 5.88. The van der Waals surface area contributed by atoms with Crippen molar-refractivity contribution in [1.82, 2.24) is 5.32 Å². The number of unbranched alkanes of at least 4 members (excludes halogenated alkanes) is 1. The number of hydrogen-bond donors (Lipinski definition) is 4. The van der Waals surface area contributed by atoms with E-state index in [1.165, 1.54) is 0 Å². The van der Waals surface area contributed by atoms with Crippen LogP contribution in [0.2, 0.25) is 0 Å². The Morgan fingerprint density at radius 3 is 2.29 bits per heavy atom. The third kappa shape index (κ3) is 6.91. The van der Waals surface area contributed by atoms with Crippen LogP contribution >= 0.6 is 0 Å². The molecular weight excluding hydrogens is 222 g/mol. The average Bonchev–Trinajstić information content (AvgIpc) is 2.26. The molecule has 0 fully saturated rings. The minimum Gasteiger partial charge on any atom is -0.480 e. The van der Waals surface area contributed by atoms with Crippen LogP contribution in [0.4, 0.5) is 0 Å². The molecule has 0 unspecified atom stereocenters. The Balaban J connectivity index is 3.59. The van der Waals surface area contributed by atoms with Gasteiger partial charge in [-0.2, -0.15) is 0 Å². The minimum absolute atomic E-state index is 0.107. The molecule has 17 heavy (non-hydrogen) atoms. The summed E-state index contributed by atoms with van der Waals surface area (Å²) in [5.74, 6) is -1.05. The van der Waals surface area contributed by atoms with Gasteiger partial charge in [-0.15, -0.1) is 0 Å². The van der Waals surface area contributed by atoms with Crippen molar-refractivity contribution < 1.29 is 14.7 Å². The number of carbonyl (C=O) groups is 2. The Labute approximate surface area is 102 Å². The van der Waals surface area contributed by atoms with Crippen molar-refractivity contribution in [3.63, 3.8) is 0 Å². The van der Waals surface area contributed by atoms with Gasteiger partial charge in [0.25, 0.3) is 0 Å². The maximum Gasteiger partial charge on any atom is 0.320 e. The Morgan fingerprint density at radius 1 is 1.24 bits per heavy atom. The summed E-state index contributed by atoms with van der Waals surface area (Å²) in [6.07, 6.45) is 1.80. The molecule has 6 nitrogen and oxygen atoms in total. The Kier molecular flexibility index (Phi) is 7.49. The summed E-state index contributed by atoms with van der Waals surface area (Å²) in [4.78, 5) is 21.9. The van der Waals surface area contributed by atoms with Crippen LogP contribution in [0.1, 0.15) is 33.1 Å². The van der Waals surface area contributed by atoms with E-state index in [0.717, 1.165) is 0 Å². The summed E-state index contributed by atoms with van der Waals surface area (Å²) in [6.45, 7) is 4.28. The maximum atomic E-state index is 11.4. The molecule has 6 heteroatoms. The third-order valence-electron chi connectivity index (χ3n) is 2.58. The van der Waals surface area contributed by atoms with Gasteiger partial charge in [0.2, 0.25) is 5.91 Å². The number of rotatable bonds is 8. The van der Waals surface area contributed by atoms with Crippen molar-refractivity contribution in [3.8, 4) is 0 Å². The maximum absolute atomic E-state index is 11.4. The molecule has 0 aromatic rings. The monoisotopic (exact) mass is 245 g/mol. The standard InChI is InChI=1S/C11H23N3O3/c1-7(2)9(13)10(15)14-6-4-3-5-8(12)11(16)17/h7-9H,3-6,12-13H2,1-2H3,(H,14,15)(H,16,17)/t8-,9+/m0/s1. The van der Waals surface area contributed by atoms with Gasteiger partial charge >= 0.3 is 5.97 Å². The van der Waals surface area contributed by atoms with Crippen molar-refractivity contribution in [3.05, 3.63) is 0 Å². The molecular formula is C11H23N3O3. The molecule has 1 amide bonds. The largest absolute Gasteiger partial charge is 0.480 e. The molecule has 0 rings (SSSR count). The van der Waals surface area contributed by atoms with Gasteiger partial charge in [-0.3, -0.25) is 9.59 Å². The zero-order valence-corrected chi connectivity index (χ0v) is 10.5.